The number of rotatable bonds is 3. The molecule has 1 aliphatic rings. The number of aliphatic hydroxyl groups excluding tert-OH is 1. The van der Waals surface area contributed by atoms with Crippen LogP contribution in [0, 0.1) is 5.41 Å². The number of benzene rings is 1. The third-order valence-electron chi connectivity index (χ3n) is 5.00. The Morgan fingerprint density at radius 1 is 1.39 bits per heavy atom. The zero-order valence-electron chi connectivity index (χ0n) is 14.5. The summed E-state index contributed by atoms with van der Waals surface area (Å²) in [6.45, 7) is 9.75. The fourth-order valence-corrected chi connectivity index (χ4v) is 2.79. The van der Waals surface area contributed by atoms with E-state index in [9.17, 15) is 9.90 Å². The van der Waals surface area contributed by atoms with Crippen molar-refractivity contribution >= 4 is 6.09 Å². The minimum absolute atomic E-state index is 0.00267. The van der Waals surface area contributed by atoms with E-state index in [-0.39, 0.29) is 36.3 Å². The van der Waals surface area contributed by atoms with Crippen LogP contribution in [-0.4, -0.2) is 47.4 Å². The average molecular weight is 320 g/mol. The highest BCUT2D eigenvalue weighted by Crippen LogP contribution is 2.37. The van der Waals surface area contributed by atoms with E-state index >= 15 is 0 Å². The van der Waals surface area contributed by atoms with Crippen molar-refractivity contribution in [1.29, 1.82) is 0 Å². The number of amides is 1. The number of nitrogens with one attached hydrogen (secondary N) is 1. The summed E-state index contributed by atoms with van der Waals surface area (Å²) in [5, 5.41) is 12.8. The molecule has 2 rings (SSSR count). The SMILES string of the molecule is CC(C)(C)[C@]1(C)CN[C@@H](CO)CN1C(=O)OCc1ccccc1. The lowest BCUT2D eigenvalue weighted by atomic mass is 9.72. The number of aliphatic hydroxyl groups is 1. The minimum atomic E-state index is -0.382. The van der Waals surface area contributed by atoms with Crippen LogP contribution in [0.1, 0.15) is 33.3 Å². The maximum Gasteiger partial charge on any atom is 0.410 e. The highest BCUT2D eigenvalue weighted by Gasteiger charge is 2.48. The number of hydrogen-bond acceptors (Lipinski definition) is 4. The molecule has 1 aliphatic heterocycles. The van der Waals surface area contributed by atoms with E-state index < -0.39 is 0 Å². The molecule has 0 radical (unpaired) electrons. The van der Waals surface area contributed by atoms with Crippen LogP contribution in [0.5, 0.6) is 0 Å². The molecular weight excluding hydrogens is 292 g/mol. The van der Waals surface area contributed by atoms with Crippen molar-refractivity contribution in [2.75, 3.05) is 19.7 Å². The van der Waals surface area contributed by atoms with E-state index in [1.54, 1.807) is 4.90 Å². The van der Waals surface area contributed by atoms with Gasteiger partial charge in [-0.25, -0.2) is 4.79 Å². The molecule has 5 nitrogen and oxygen atoms in total. The van der Waals surface area contributed by atoms with Gasteiger partial charge in [0.15, 0.2) is 0 Å². The van der Waals surface area contributed by atoms with Gasteiger partial charge in [0.25, 0.3) is 0 Å². The summed E-state index contributed by atoms with van der Waals surface area (Å²) in [7, 11) is 0. The zero-order valence-corrected chi connectivity index (χ0v) is 14.5. The molecule has 2 atom stereocenters. The second kappa shape index (κ2) is 6.89. The van der Waals surface area contributed by atoms with E-state index in [0.717, 1.165) is 5.56 Å². The number of nitrogens with zero attached hydrogens (tertiary/aromatic N) is 1. The molecular formula is C18H28N2O3. The summed E-state index contributed by atoms with van der Waals surface area (Å²) < 4.78 is 5.53. The third-order valence-corrected chi connectivity index (χ3v) is 5.00. The maximum absolute atomic E-state index is 12.7. The summed E-state index contributed by atoms with van der Waals surface area (Å²) in [6.07, 6.45) is -0.328. The van der Waals surface area contributed by atoms with Gasteiger partial charge in [0.2, 0.25) is 0 Å². The maximum atomic E-state index is 12.7. The Labute approximate surface area is 138 Å². The smallest absolute Gasteiger partial charge is 0.410 e. The van der Waals surface area contributed by atoms with Crippen molar-refractivity contribution in [3.05, 3.63) is 35.9 Å². The number of ether oxygens (including phenoxy) is 1. The molecule has 23 heavy (non-hydrogen) atoms. The van der Waals surface area contributed by atoms with Gasteiger partial charge in [-0.3, -0.25) is 4.90 Å². The van der Waals surface area contributed by atoms with Gasteiger partial charge in [-0.2, -0.15) is 0 Å². The second-order valence-corrected chi connectivity index (χ2v) is 7.44. The Kier molecular flexibility index (Phi) is 5.32. The van der Waals surface area contributed by atoms with Crippen LogP contribution in [0.4, 0.5) is 4.79 Å². The van der Waals surface area contributed by atoms with E-state index in [0.29, 0.717) is 13.1 Å². The van der Waals surface area contributed by atoms with Gasteiger partial charge < -0.3 is 15.2 Å². The molecule has 1 fully saturated rings. The van der Waals surface area contributed by atoms with Crippen molar-refractivity contribution in [1.82, 2.24) is 10.2 Å². The van der Waals surface area contributed by atoms with Crippen molar-refractivity contribution in [2.45, 2.75) is 45.9 Å². The third kappa shape index (κ3) is 3.85. The summed E-state index contributed by atoms with van der Waals surface area (Å²) in [6, 6.07) is 9.54. The summed E-state index contributed by atoms with van der Waals surface area (Å²) >= 11 is 0. The number of carbonyl (C=O) groups excluding carboxylic acids is 1. The Morgan fingerprint density at radius 2 is 2.04 bits per heavy atom. The van der Waals surface area contributed by atoms with E-state index in [2.05, 4.69) is 33.0 Å². The first-order valence-corrected chi connectivity index (χ1v) is 8.10. The Hall–Kier alpha value is -1.59. The lowest BCUT2D eigenvalue weighted by molar-refractivity contribution is -0.0319. The van der Waals surface area contributed by atoms with Crippen molar-refractivity contribution < 1.29 is 14.6 Å². The molecule has 0 unspecified atom stereocenters. The topological polar surface area (TPSA) is 61.8 Å². The van der Waals surface area contributed by atoms with Crippen molar-refractivity contribution in [2.24, 2.45) is 5.41 Å². The number of piperazine rings is 1. The first-order valence-electron chi connectivity index (χ1n) is 8.10. The molecule has 0 spiro atoms. The van der Waals surface area contributed by atoms with Gasteiger partial charge in [0, 0.05) is 19.1 Å². The predicted molar refractivity (Wildman–Crippen MR) is 90.1 cm³/mol. The predicted octanol–water partition coefficient (Wildman–Crippen LogP) is 2.39. The van der Waals surface area contributed by atoms with Crippen LogP contribution >= 0.6 is 0 Å². The van der Waals surface area contributed by atoms with Gasteiger partial charge in [0.05, 0.1) is 12.1 Å². The molecule has 0 aliphatic carbocycles. The standard InChI is InChI=1S/C18H28N2O3/c1-17(2,3)18(4)13-19-15(11-21)10-20(18)16(22)23-12-14-8-6-5-7-9-14/h5-9,15,19,21H,10-13H2,1-4H3/t15-,18+/m1/s1. The molecule has 2 N–H and O–H groups in total. The Morgan fingerprint density at radius 3 is 2.61 bits per heavy atom. The minimum Gasteiger partial charge on any atom is -0.445 e. The molecule has 5 heteroatoms. The van der Waals surface area contributed by atoms with Gasteiger partial charge in [-0.1, -0.05) is 51.1 Å². The summed E-state index contributed by atoms with van der Waals surface area (Å²) in [4.78, 5) is 14.5. The van der Waals surface area contributed by atoms with E-state index in [4.69, 9.17) is 4.74 Å². The molecule has 1 heterocycles. The fourth-order valence-electron chi connectivity index (χ4n) is 2.79. The average Bonchev–Trinajstić information content (AvgIpc) is 2.53. The van der Waals surface area contributed by atoms with Crippen molar-refractivity contribution in [3.63, 3.8) is 0 Å². The molecule has 128 valence electrons. The van der Waals surface area contributed by atoms with Crippen LogP contribution in [0.3, 0.4) is 0 Å². The van der Waals surface area contributed by atoms with Crippen LogP contribution in [0.25, 0.3) is 0 Å². The number of hydrogen-bond donors (Lipinski definition) is 2. The first-order chi connectivity index (χ1) is 10.8. The Balaban J connectivity index is 2.12. The summed E-state index contributed by atoms with van der Waals surface area (Å²) in [5.41, 5.74) is 0.464. The molecule has 1 amide bonds. The van der Waals surface area contributed by atoms with E-state index in [1.807, 2.05) is 30.3 Å². The fraction of sp³-hybridized carbons (Fsp3) is 0.611. The zero-order chi connectivity index (χ0) is 17.1. The number of carbonyl (C=O) groups is 1. The van der Waals surface area contributed by atoms with Crippen LogP contribution in [0.15, 0.2) is 30.3 Å². The monoisotopic (exact) mass is 320 g/mol. The first kappa shape index (κ1) is 17.8. The molecule has 1 saturated heterocycles. The largest absolute Gasteiger partial charge is 0.445 e. The van der Waals surface area contributed by atoms with Crippen LogP contribution < -0.4 is 5.32 Å². The molecule has 0 aromatic heterocycles. The second-order valence-electron chi connectivity index (χ2n) is 7.44. The summed E-state index contributed by atoms with van der Waals surface area (Å²) in [5.74, 6) is 0. The van der Waals surface area contributed by atoms with Crippen LogP contribution in [0.2, 0.25) is 0 Å². The quantitative estimate of drug-likeness (QED) is 0.898. The van der Waals surface area contributed by atoms with E-state index in [1.165, 1.54) is 0 Å². The molecule has 0 bridgehead atoms. The van der Waals surface area contributed by atoms with Gasteiger partial charge >= 0.3 is 6.09 Å². The van der Waals surface area contributed by atoms with Crippen LogP contribution in [-0.2, 0) is 11.3 Å². The van der Waals surface area contributed by atoms with Gasteiger partial charge in [-0.15, -0.1) is 0 Å². The normalized spacial score (nSPS) is 25.3. The lowest BCUT2D eigenvalue weighted by Gasteiger charge is -2.53. The molecule has 0 saturated carbocycles. The Bertz CT molecular complexity index is 527. The highest BCUT2D eigenvalue weighted by atomic mass is 16.6. The van der Waals surface area contributed by atoms with Gasteiger partial charge in [-0.05, 0) is 17.9 Å². The lowest BCUT2D eigenvalue weighted by Crippen LogP contribution is -2.70. The van der Waals surface area contributed by atoms with Gasteiger partial charge in [0.1, 0.15) is 6.61 Å². The van der Waals surface area contributed by atoms with Crippen molar-refractivity contribution in [3.8, 4) is 0 Å². The molecule has 1 aromatic rings. The highest BCUT2D eigenvalue weighted by molar-refractivity contribution is 5.69. The molecule has 1 aromatic carbocycles.